The van der Waals surface area contributed by atoms with E-state index in [1.54, 1.807) is 59.5 Å². The van der Waals surface area contributed by atoms with Gasteiger partial charge in [-0.15, -0.1) is 5.10 Å². The average Bonchev–Trinajstić information content (AvgIpc) is 3.61. The molecule has 1 N–H and O–H groups in total. The number of carbonyl (C=O) groups excluding carboxylic acids is 1. The van der Waals surface area contributed by atoms with E-state index in [9.17, 15) is 9.59 Å². The third kappa shape index (κ3) is 5.56. The molecule has 0 saturated carbocycles. The first-order valence-electron chi connectivity index (χ1n) is 11.6. The number of cyclic esters (lactones) is 1. The van der Waals surface area contributed by atoms with Gasteiger partial charge in [0.25, 0.3) is 0 Å². The molecule has 1 aromatic carbocycles. The third-order valence-electron chi connectivity index (χ3n) is 6.02. The minimum Gasteiger partial charge on any atom is -0.480 e. The van der Waals surface area contributed by atoms with E-state index in [0.717, 1.165) is 0 Å². The van der Waals surface area contributed by atoms with Crippen molar-refractivity contribution in [2.45, 2.75) is 25.2 Å². The molecule has 0 aliphatic carbocycles. The molecule has 1 amide bonds. The van der Waals surface area contributed by atoms with Gasteiger partial charge in [-0.1, -0.05) is 16.4 Å². The number of benzene rings is 1. The Morgan fingerprint density at radius 3 is 2.84 bits per heavy atom. The Morgan fingerprint density at radius 2 is 2.14 bits per heavy atom. The van der Waals surface area contributed by atoms with Crippen LogP contribution in [0.4, 0.5) is 14.9 Å². The summed E-state index contributed by atoms with van der Waals surface area (Å²) in [5.41, 5.74) is 2.55. The maximum Gasteiger partial charge on any atom is 0.414 e. The molecular weight excluding hydrogens is 485 g/mol. The molecule has 2 aromatic heterocycles. The molecule has 2 aliphatic rings. The minimum absolute atomic E-state index is 0.0883. The standard InChI is InChI=1S/C24H24FN7O5/c1-30(14-23(33)34)11-17-9-22(28-37-17)21-5-2-15(10-26-21)19-4-3-16(8-20(19)25)32-13-18(36-24(32)35)12-31-7-6-27-29-31/h2-8,10,17-18H,9,11-14H2,1H3,(H,33,34)/t17-,18?/m0/s1. The average molecular weight is 509 g/mol. The predicted molar refractivity (Wildman–Crippen MR) is 128 cm³/mol. The lowest BCUT2D eigenvalue weighted by molar-refractivity contribution is -0.138. The Bertz CT molecular complexity index is 1320. The van der Waals surface area contributed by atoms with Crippen LogP contribution in [0.2, 0.25) is 0 Å². The Hall–Kier alpha value is -4.39. The summed E-state index contributed by atoms with van der Waals surface area (Å²) < 4.78 is 22.0. The summed E-state index contributed by atoms with van der Waals surface area (Å²) >= 11 is 0. The van der Waals surface area contributed by atoms with E-state index in [0.29, 0.717) is 47.7 Å². The van der Waals surface area contributed by atoms with Gasteiger partial charge in [0.2, 0.25) is 0 Å². The summed E-state index contributed by atoms with van der Waals surface area (Å²) in [7, 11) is 1.70. The highest BCUT2D eigenvalue weighted by atomic mass is 19.1. The molecule has 2 aliphatic heterocycles. The second-order valence-corrected chi connectivity index (χ2v) is 8.90. The van der Waals surface area contributed by atoms with E-state index in [1.807, 2.05) is 0 Å². The lowest BCUT2D eigenvalue weighted by atomic mass is 10.0. The molecule has 0 bridgehead atoms. The van der Waals surface area contributed by atoms with E-state index in [1.165, 1.54) is 11.0 Å². The molecule has 192 valence electrons. The van der Waals surface area contributed by atoms with E-state index in [2.05, 4.69) is 20.5 Å². The largest absolute Gasteiger partial charge is 0.480 e. The van der Waals surface area contributed by atoms with Crippen molar-refractivity contribution < 1.29 is 28.7 Å². The molecule has 0 radical (unpaired) electrons. The van der Waals surface area contributed by atoms with Gasteiger partial charge in [-0.25, -0.2) is 13.9 Å². The molecule has 5 rings (SSSR count). The van der Waals surface area contributed by atoms with Gasteiger partial charge in [-0.3, -0.25) is 19.6 Å². The molecule has 13 heteroatoms. The van der Waals surface area contributed by atoms with Crippen LogP contribution in [0.15, 0.2) is 54.1 Å². The van der Waals surface area contributed by atoms with Crippen molar-refractivity contribution in [2.75, 3.05) is 31.6 Å². The number of aliphatic carboxylic acids is 1. The maximum atomic E-state index is 15.1. The molecule has 4 heterocycles. The highest BCUT2D eigenvalue weighted by Crippen LogP contribution is 2.29. The SMILES string of the molecule is CN(CC(=O)O)C[C@@H]1CC(c2ccc(-c3ccc(N4CC(Cn5ccnn5)OC4=O)cc3F)cn2)=NO1. The molecule has 37 heavy (non-hydrogen) atoms. The van der Waals surface area contributed by atoms with Gasteiger partial charge in [-0.2, -0.15) is 0 Å². The fourth-order valence-corrected chi connectivity index (χ4v) is 4.32. The van der Waals surface area contributed by atoms with Crippen molar-refractivity contribution in [3.63, 3.8) is 0 Å². The minimum atomic E-state index is -0.910. The number of halogens is 1. The number of oxime groups is 1. The maximum absolute atomic E-state index is 15.1. The van der Waals surface area contributed by atoms with Crippen LogP contribution in [0.25, 0.3) is 11.1 Å². The van der Waals surface area contributed by atoms with Gasteiger partial charge in [0.15, 0.2) is 0 Å². The molecule has 0 spiro atoms. The molecule has 1 unspecified atom stereocenters. The first-order chi connectivity index (χ1) is 17.9. The van der Waals surface area contributed by atoms with Crippen molar-refractivity contribution >= 4 is 23.5 Å². The lowest BCUT2D eigenvalue weighted by Gasteiger charge is -2.17. The van der Waals surface area contributed by atoms with Crippen LogP contribution >= 0.6 is 0 Å². The Balaban J connectivity index is 1.22. The fourth-order valence-electron chi connectivity index (χ4n) is 4.32. The number of amides is 1. The molecular formula is C24H24FN7O5. The van der Waals surface area contributed by atoms with Gasteiger partial charge >= 0.3 is 12.1 Å². The van der Waals surface area contributed by atoms with Crippen LogP contribution in [0, 0.1) is 5.82 Å². The summed E-state index contributed by atoms with van der Waals surface area (Å²) in [6, 6.07) is 8.05. The third-order valence-corrected chi connectivity index (χ3v) is 6.02. The number of hydrogen-bond acceptors (Lipinski definition) is 9. The van der Waals surface area contributed by atoms with Crippen molar-refractivity contribution in [1.82, 2.24) is 24.9 Å². The van der Waals surface area contributed by atoms with Crippen molar-refractivity contribution in [3.8, 4) is 11.1 Å². The summed E-state index contributed by atoms with van der Waals surface area (Å²) in [6.07, 6.45) is 4.03. The normalized spacial score (nSPS) is 19.2. The zero-order valence-corrected chi connectivity index (χ0v) is 19.9. The van der Waals surface area contributed by atoms with Gasteiger partial charge in [-0.05, 0) is 31.3 Å². The number of aromatic nitrogens is 4. The Kier molecular flexibility index (Phi) is 6.77. The van der Waals surface area contributed by atoms with Gasteiger partial charge < -0.3 is 14.7 Å². The number of ether oxygens (including phenoxy) is 1. The second kappa shape index (κ2) is 10.3. The van der Waals surface area contributed by atoms with E-state index in [4.69, 9.17) is 14.7 Å². The number of anilines is 1. The molecule has 12 nitrogen and oxygen atoms in total. The van der Waals surface area contributed by atoms with E-state index < -0.39 is 24.0 Å². The van der Waals surface area contributed by atoms with Crippen molar-refractivity contribution in [2.24, 2.45) is 5.16 Å². The number of hydrogen-bond donors (Lipinski definition) is 1. The Labute approximate surface area is 210 Å². The molecule has 3 aromatic rings. The van der Waals surface area contributed by atoms with Gasteiger partial charge in [0.05, 0.1) is 37.2 Å². The van der Waals surface area contributed by atoms with Crippen LogP contribution in [-0.4, -0.2) is 86.6 Å². The Morgan fingerprint density at radius 1 is 1.27 bits per heavy atom. The van der Waals surface area contributed by atoms with Crippen LogP contribution in [-0.2, 0) is 20.9 Å². The number of rotatable bonds is 9. The number of pyridine rings is 1. The lowest BCUT2D eigenvalue weighted by Crippen LogP contribution is -2.33. The summed E-state index contributed by atoms with van der Waals surface area (Å²) in [4.78, 5) is 36.0. The second-order valence-electron chi connectivity index (χ2n) is 8.90. The molecule has 1 saturated heterocycles. The summed E-state index contributed by atoms with van der Waals surface area (Å²) in [5, 5.41) is 20.6. The highest BCUT2D eigenvalue weighted by molar-refractivity contribution is 5.99. The quantitative estimate of drug-likeness (QED) is 0.459. The van der Waals surface area contributed by atoms with Gasteiger partial charge in [0.1, 0.15) is 23.7 Å². The van der Waals surface area contributed by atoms with E-state index >= 15 is 4.39 Å². The highest BCUT2D eigenvalue weighted by Gasteiger charge is 2.33. The number of nitrogens with zero attached hydrogens (tertiary/aromatic N) is 7. The predicted octanol–water partition coefficient (Wildman–Crippen LogP) is 2.01. The van der Waals surface area contributed by atoms with Crippen LogP contribution < -0.4 is 4.90 Å². The number of likely N-dealkylation sites (N-methyl/N-ethyl adjacent to an activating group) is 1. The zero-order chi connectivity index (χ0) is 25.9. The van der Waals surface area contributed by atoms with Crippen LogP contribution in [0.5, 0.6) is 0 Å². The fraction of sp³-hybridized carbons (Fsp3) is 0.333. The van der Waals surface area contributed by atoms with Crippen molar-refractivity contribution in [3.05, 3.63) is 60.4 Å². The van der Waals surface area contributed by atoms with E-state index in [-0.39, 0.29) is 19.2 Å². The zero-order valence-electron chi connectivity index (χ0n) is 19.9. The number of carboxylic acids is 1. The van der Waals surface area contributed by atoms with Crippen molar-refractivity contribution in [1.29, 1.82) is 0 Å². The summed E-state index contributed by atoms with van der Waals surface area (Å²) in [5.74, 6) is -1.41. The number of carboxylic acid groups (broad SMARTS) is 1. The topological polar surface area (TPSA) is 135 Å². The van der Waals surface area contributed by atoms with Gasteiger partial charge in [0, 0.05) is 36.5 Å². The first-order valence-corrected chi connectivity index (χ1v) is 11.6. The monoisotopic (exact) mass is 509 g/mol. The molecule has 2 atom stereocenters. The first kappa shape index (κ1) is 24.3. The number of carbonyl (C=O) groups is 2. The molecule has 1 fully saturated rings. The smallest absolute Gasteiger partial charge is 0.414 e. The van der Waals surface area contributed by atoms with Crippen LogP contribution in [0.3, 0.4) is 0 Å². The van der Waals surface area contributed by atoms with Crippen LogP contribution in [0.1, 0.15) is 12.1 Å². The summed E-state index contributed by atoms with van der Waals surface area (Å²) in [6.45, 7) is 0.956.